The first kappa shape index (κ1) is 11.7. The molecule has 0 saturated heterocycles. The number of nitrogens with zero attached hydrogens (tertiary/aromatic N) is 2. The summed E-state index contributed by atoms with van der Waals surface area (Å²) in [5.41, 5.74) is 5.57. The van der Waals surface area contributed by atoms with Gasteiger partial charge in [0.25, 0.3) is 0 Å². The molecule has 1 heterocycles. The third kappa shape index (κ3) is 2.58. The van der Waals surface area contributed by atoms with E-state index in [2.05, 4.69) is 20.7 Å². The molecule has 2 aromatic carbocycles. The molecule has 0 bridgehead atoms. The average Bonchev–Trinajstić information content (AvgIpc) is 2.83. The first-order chi connectivity index (χ1) is 9.33. The fraction of sp³-hybridized carbons (Fsp3) is 0. The van der Waals surface area contributed by atoms with Crippen LogP contribution in [0.5, 0.6) is 0 Å². The van der Waals surface area contributed by atoms with E-state index in [0.29, 0.717) is 5.02 Å². The van der Waals surface area contributed by atoms with Gasteiger partial charge < -0.3 is 0 Å². The highest BCUT2D eigenvalue weighted by Crippen LogP contribution is 2.19. The standard InChI is InChI=1S/C14H11ClN4/c15-10-6-7-13-12(8-10)14(19-18-13)9-16-17-11-4-2-1-3-5-11/h1-9,17H,(H,18,19)/b16-9+. The highest BCUT2D eigenvalue weighted by Gasteiger charge is 2.03. The van der Waals surface area contributed by atoms with E-state index in [4.69, 9.17) is 11.6 Å². The molecule has 19 heavy (non-hydrogen) atoms. The molecule has 0 fully saturated rings. The Morgan fingerprint density at radius 1 is 1.16 bits per heavy atom. The number of para-hydroxylation sites is 1. The minimum Gasteiger partial charge on any atom is -0.278 e. The molecular weight excluding hydrogens is 260 g/mol. The van der Waals surface area contributed by atoms with E-state index < -0.39 is 0 Å². The quantitative estimate of drug-likeness (QED) is 0.564. The smallest absolute Gasteiger partial charge is 0.0928 e. The summed E-state index contributed by atoms with van der Waals surface area (Å²) in [5.74, 6) is 0. The molecule has 5 heteroatoms. The summed E-state index contributed by atoms with van der Waals surface area (Å²) in [7, 11) is 0. The zero-order valence-electron chi connectivity index (χ0n) is 9.97. The lowest BCUT2D eigenvalue weighted by Gasteiger charge is -1.97. The highest BCUT2D eigenvalue weighted by molar-refractivity contribution is 6.31. The molecule has 0 saturated carbocycles. The molecule has 3 aromatic rings. The number of aromatic nitrogens is 2. The van der Waals surface area contributed by atoms with Gasteiger partial charge in [-0.15, -0.1) is 0 Å². The average molecular weight is 271 g/mol. The Labute approximate surface area is 115 Å². The van der Waals surface area contributed by atoms with E-state index in [1.165, 1.54) is 0 Å². The van der Waals surface area contributed by atoms with E-state index >= 15 is 0 Å². The minimum absolute atomic E-state index is 0.680. The maximum atomic E-state index is 5.98. The Balaban J connectivity index is 1.83. The van der Waals surface area contributed by atoms with E-state index in [9.17, 15) is 0 Å². The van der Waals surface area contributed by atoms with Crippen LogP contribution in [0, 0.1) is 0 Å². The van der Waals surface area contributed by atoms with Gasteiger partial charge in [0.05, 0.1) is 23.1 Å². The third-order valence-corrected chi connectivity index (χ3v) is 2.94. The lowest BCUT2D eigenvalue weighted by atomic mass is 10.2. The van der Waals surface area contributed by atoms with Gasteiger partial charge in [-0.25, -0.2) is 0 Å². The molecule has 2 N–H and O–H groups in total. The van der Waals surface area contributed by atoms with Crippen molar-refractivity contribution in [3.05, 3.63) is 59.2 Å². The van der Waals surface area contributed by atoms with Crippen molar-refractivity contribution in [3.8, 4) is 0 Å². The van der Waals surface area contributed by atoms with Crippen LogP contribution in [0.25, 0.3) is 10.9 Å². The van der Waals surface area contributed by atoms with Crippen LogP contribution in [0.15, 0.2) is 53.6 Å². The van der Waals surface area contributed by atoms with Gasteiger partial charge in [0.15, 0.2) is 0 Å². The number of nitrogens with one attached hydrogen (secondary N) is 2. The molecule has 0 aliphatic carbocycles. The van der Waals surface area contributed by atoms with Crippen LogP contribution in [0.1, 0.15) is 5.69 Å². The Hall–Kier alpha value is -2.33. The predicted molar refractivity (Wildman–Crippen MR) is 78.8 cm³/mol. The van der Waals surface area contributed by atoms with Crippen LogP contribution in [0.4, 0.5) is 5.69 Å². The molecular formula is C14H11ClN4. The summed E-state index contributed by atoms with van der Waals surface area (Å²) in [6, 6.07) is 15.3. The second-order valence-electron chi connectivity index (χ2n) is 4.03. The topological polar surface area (TPSA) is 53.1 Å². The largest absolute Gasteiger partial charge is 0.278 e. The fourth-order valence-electron chi connectivity index (χ4n) is 1.78. The molecule has 3 rings (SSSR count). The van der Waals surface area contributed by atoms with Crippen molar-refractivity contribution < 1.29 is 0 Å². The number of halogens is 1. The minimum atomic E-state index is 0.680. The number of hydrogen-bond acceptors (Lipinski definition) is 3. The number of aromatic amines is 1. The number of hydrogen-bond donors (Lipinski definition) is 2. The Kier molecular flexibility index (Phi) is 3.16. The maximum absolute atomic E-state index is 5.98. The van der Waals surface area contributed by atoms with Gasteiger partial charge in [-0.05, 0) is 30.3 Å². The van der Waals surface area contributed by atoms with Gasteiger partial charge in [0, 0.05) is 10.4 Å². The molecule has 0 spiro atoms. The molecule has 0 radical (unpaired) electrons. The monoisotopic (exact) mass is 270 g/mol. The van der Waals surface area contributed by atoms with Gasteiger partial charge in [0.1, 0.15) is 0 Å². The normalized spacial score (nSPS) is 11.2. The van der Waals surface area contributed by atoms with Crippen molar-refractivity contribution >= 4 is 34.4 Å². The number of rotatable bonds is 3. The lowest BCUT2D eigenvalue weighted by molar-refractivity contribution is 1.11. The summed E-state index contributed by atoms with van der Waals surface area (Å²) >= 11 is 5.98. The molecule has 1 aromatic heterocycles. The van der Waals surface area contributed by atoms with Gasteiger partial charge in [-0.1, -0.05) is 29.8 Å². The molecule has 4 nitrogen and oxygen atoms in total. The van der Waals surface area contributed by atoms with Crippen LogP contribution in [0.2, 0.25) is 5.02 Å². The van der Waals surface area contributed by atoms with Crippen LogP contribution in [-0.4, -0.2) is 16.4 Å². The van der Waals surface area contributed by atoms with Crippen LogP contribution in [0.3, 0.4) is 0 Å². The van der Waals surface area contributed by atoms with E-state index in [1.807, 2.05) is 48.5 Å². The zero-order chi connectivity index (χ0) is 13.1. The lowest BCUT2D eigenvalue weighted by Crippen LogP contribution is -1.90. The Morgan fingerprint density at radius 2 is 2.00 bits per heavy atom. The first-order valence-corrected chi connectivity index (χ1v) is 6.18. The van der Waals surface area contributed by atoms with Gasteiger partial charge >= 0.3 is 0 Å². The molecule has 0 aliphatic heterocycles. The highest BCUT2D eigenvalue weighted by atomic mass is 35.5. The van der Waals surface area contributed by atoms with Crippen molar-refractivity contribution in [2.45, 2.75) is 0 Å². The van der Waals surface area contributed by atoms with Crippen molar-refractivity contribution in [2.24, 2.45) is 5.10 Å². The molecule has 94 valence electrons. The van der Waals surface area contributed by atoms with Crippen LogP contribution >= 0.6 is 11.6 Å². The SMILES string of the molecule is Clc1ccc2n[nH]c(/C=N/Nc3ccccc3)c2c1. The Bertz CT molecular complexity index is 719. The molecule has 0 aliphatic rings. The molecule has 0 atom stereocenters. The molecule has 0 unspecified atom stereocenters. The number of fused-ring (bicyclic) bond motifs is 1. The first-order valence-electron chi connectivity index (χ1n) is 5.81. The van der Waals surface area contributed by atoms with E-state index in [-0.39, 0.29) is 0 Å². The van der Waals surface area contributed by atoms with Crippen LogP contribution < -0.4 is 5.43 Å². The number of hydrazone groups is 1. The summed E-state index contributed by atoms with van der Waals surface area (Å²) < 4.78 is 0. The second kappa shape index (κ2) is 5.12. The summed E-state index contributed by atoms with van der Waals surface area (Å²) in [4.78, 5) is 0. The summed E-state index contributed by atoms with van der Waals surface area (Å²) in [5, 5.41) is 12.9. The van der Waals surface area contributed by atoms with Gasteiger partial charge in [-0.3, -0.25) is 10.5 Å². The summed E-state index contributed by atoms with van der Waals surface area (Å²) in [6.07, 6.45) is 1.69. The van der Waals surface area contributed by atoms with Crippen molar-refractivity contribution in [2.75, 3.05) is 5.43 Å². The Morgan fingerprint density at radius 3 is 2.84 bits per heavy atom. The summed E-state index contributed by atoms with van der Waals surface area (Å²) in [6.45, 7) is 0. The van der Waals surface area contributed by atoms with Gasteiger partial charge in [0.2, 0.25) is 0 Å². The third-order valence-electron chi connectivity index (χ3n) is 2.71. The van der Waals surface area contributed by atoms with Crippen LogP contribution in [-0.2, 0) is 0 Å². The van der Waals surface area contributed by atoms with Gasteiger partial charge in [-0.2, -0.15) is 10.2 Å². The van der Waals surface area contributed by atoms with E-state index in [1.54, 1.807) is 6.21 Å². The van der Waals surface area contributed by atoms with Crippen molar-refractivity contribution in [3.63, 3.8) is 0 Å². The number of anilines is 1. The molecule has 0 amide bonds. The maximum Gasteiger partial charge on any atom is 0.0928 e. The number of benzene rings is 2. The predicted octanol–water partition coefficient (Wildman–Crippen LogP) is 3.66. The second-order valence-corrected chi connectivity index (χ2v) is 4.47. The number of H-pyrrole nitrogens is 1. The zero-order valence-corrected chi connectivity index (χ0v) is 10.7. The van der Waals surface area contributed by atoms with E-state index in [0.717, 1.165) is 22.3 Å². The van der Waals surface area contributed by atoms with Crippen molar-refractivity contribution in [1.82, 2.24) is 10.2 Å². The van der Waals surface area contributed by atoms with Crippen molar-refractivity contribution in [1.29, 1.82) is 0 Å². The fourth-order valence-corrected chi connectivity index (χ4v) is 1.96.